The first-order chi connectivity index (χ1) is 11.6. The number of rotatable bonds is 8. The lowest BCUT2D eigenvalue weighted by Gasteiger charge is -2.21. The Morgan fingerprint density at radius 3 is 2.29 bits per heavy atom. The fraction of sp³-hybridized carbons (Fsp3) is 0.350. The van der Waals surface area contributed by atoms with Gasteiger partial charge in [-0.3, -0.25) is 9.69 Å². The van der Waals surface area contributed by atoms with Crippen LogP contribution in [0.1, 0.15) is 16.7 Å². The fourth-order valence-corrected chi connectivity index (χ4v) is 2.78. The van der Waals surface area contributed by atoms with Crippen molar-refractivity contribution in [1.29, 1.82) is 0 Å². The predicted octanol–water partition coefficient (Wildman–Crippen LogP) is 2.75. The normalized spacial score (nSPS) is 10.8. The van der Waals surface area contributed by atoms with Gasteiger partial charge in [0.25, 0.3) is 0 Å². The van der Waals surface area contributed by atoms with Crippen molar-refractivity contribution in [3.8, 4) is 0 Å². The molecule has 1 amide bonds. The summed E-state index contributed by atoms with van der Waals surface area (Å²) in [5.41, 5.74) is 10.1. The lowest BCUT2D eigenvalue weighted by Crippen LogP contribution is -2.38. The maximum absolute atomic E-state index is 12.4. The molecule has 0 aliphatic heterocycles. The van der Waals surface area contributed by atoms with Crippen molar-refractivity contribution in [2.24, 2.45) is 5.73 Å². The summed E-state index contributed by atoms with van der Waals surface area (Å²) in [4.78, 5) is 14.5. The van der Waals surface area contributed by atoms with Gasteiger partial charge in [0.1, 0.15) is 0 Å². The molecule has 0 aliphatic rings. The van der Waals surface area contributed by atoms with Gasteiger partial charge in [-0.05, 0) is 37.0 Å². The van der Waals surface area contributed by atoms with Crippen LogP contribution in [0.25, 0.3) is 0 Å². The van der Waals surface area contributed by atoms with E-state index in [1.807, 2.05) is 50.2 Å². The summed E-state index contributed by atoms with van der Waals surface area (Å²) < 4.78 is 0. The SMILES string of the molecule is Cc1cccc(C)c1NC(=O)CN(CCN)CCc1ccccc1. The van der Waals surface area contributed by atoms with Gasteiger partial charge in [0, 0.05) is 25.3 Å². The Morgan fingerprint density at radius 1 is 1.00 bits per heavy atom. The van der Waals surface area contributed by atoms with Crippen LogP contribution < -0.4 is 11.1 Å². The quantitative estimate of drug-likeness (QED) is 0.784. The topological polar surface area (TPSA) is 58.4 Å². The Labute approximate surface area is 144 Å². The van der Waals surface area contributed by atoms with Crippen LogP contribution in [0, 0.1) is 13.8 Å². The van der Waals surface area contributed by atoms with E-state index >= 15 is 0 Å². The zero-order chi connectivity index (χ0) is 17.4. The van der Waals surface area contributed by atoms with Crippen molar-refractivity contribution in [3.05, 3.63) is 65.2 Å². The molecular weight excluding hydrogens is 298 g/mol. The predicted molar refractivity (Wildman–Crippen MR) is 100 cm³/mol. The van der Waals surface area contributed by atoms with E-state index in [9.17, 15) is 4.79 Å². The summed E-state index contributed by atoms with van der Waals surface area (Å²) in [5.74, 6) is 0.00825. The number of nitrogens with zero attached hydrogens (tertiary/aromatic N) is 1. The molecule has 0 unspecified atom stereocenters. The van der Waals surface area contributed by atoms with E-state index in [-0.39, 0.29) is 5.91 Å². The molecule has 0 spiro atoms. The standard InChI is InChI=1S/C20H27N3O/c1-16-7-6-8-17(2)20(16)22-19(24)15-23(14-12-21)13-11-18-9-4-3-5-10-18/h3-10H,11-15,21H2,1-2H3,(H,22,24). The summed E-state index contributed by atoms with van der Waals surface area (Å²) in [6, 6.07) is 16.3. The number of para-hydroxylation sites is 1. The van der Waals surface area contributed by atoms with Crippen LogP contribution in [0.4, 0.5) is 5.69 Å². The van der Waals surface area contributed by atoms with Crippen LogP contribution in [0.5, 0.6) is 0 Å². The van der Waals surface area contributed by atoms with Gasteiger partial charge < -0.3 is 11.1 Å². The van der Waals surface area contributed by atoms with Gasteiger partial charge in [-0.1, -0.05) is 48.5 Å². The highest BCUT2D eigenvalue weighted by atomic mass is 16.2. The highest BCUT2D eigenvalue weighted by molar-refractivity contribution is 5.93. The van der Waals surface area contributed by atoms with Crippen LogP contribution in [-0.2, 0) is 11.2 Å². The number of aryl methyl sites for hydroxylation is 2. The minimum atomic E-state index is 0.00825. The number of carbonyl (C=O) groups excluding carboxylic acids is 1. The minimum absolute atomic E-state index is 0.00825. The molecule has 4 nitrogen and oxygen atoms in total. The molecule has 0 atom stereocenters. The zero-order valence-electron chi connectivity index (χ0n) is 14.6. The molecule has 0 saturated carbocycles. The third-order valence-corrected chi connectivity index (χ3v) is 4.12. The minimum Gasteiger partial charge on any atom is -0.329 e. The van der Waals surface area contributed by atoms with Crippen molar-refractivity contribution in [1.82, 2.24) is 4.90 Å². The van der Waals surface area contributed by atoms with Crippen LogP contribution in [0.2, 0.25) is 0 Å². The van der Waals surface area contributed by atoms with E-state index in [0.717, 1.165) is 29.8 Å². The summed E-state index contributed by atoms with van der Waals surface area (Å²) in [7, 11) is 0. The average molecular weight is 325 g/mol. The van der Waals surface area contributed by atoms with Crippen LogP contribution in [-0.4, -0.2) is 37.0 Å². The lowest BCUT2D eigenvalue weighted by atomic mass is 10.1. The van der Waals surface area contributed by atoms with Gasteiger partial charge in [-0.2, -0.15) is 0 Å². The van der Waals surface area contributed by atoms with E-state index in [4.69, 9.17) is 5.73 Å². The molecule has 4 heteroatoms. The van der Waals surface area contributed by atoms with E-state index in [1.54, 1.807) is 0 Å². The summed E-state index contributed by atoms with van der Waals surface area (Å²) >= 11 is 0. The van der Waals surface area contributed by atoms with Gasteiger partial charge in [0.2, 0.25) is 5.91 Å². The third kappa shape index (κ3) is 5.48. The molecule has 2 aromatic carbocycles. The molecular formula is C20H27N3O. The van der Waals surface area contributed by atoms with Crippen molar-refractivity contribution < 1.29 is 4.79 Å². The van der Waals surface area contributed by atoms with Crippen molar-refractivity contribution in [2.45, 2.75) is 20.3 Å². The first-order valence-corrected chi connectivity index (χ1v) is 8.42. The first kappa shape index (κ1) is 18.2. The molecule has 0 aromatic heterocycles. The zero-order valence-corrected chi connectivity index (χ0v) is 14.6. The Hall–Kier alpha value is -2.17. The summed E-state index contributed by atoms with van der Waals surface area (Å²) in [6.45, 7) is 6.46. The molecule has 0 bridgehead atoms. The highest BCUT2D eigenvalue weighted by Gasteiger charge is 2.12. The van der Waals surface area contributed by atoms with Crippen molar-refractivity contribution in [2.75, 3.05) is 31.5 Å². The van der Waals surface area contributed by atoms with Gasteiger partial charge in [-0.25, -0.2) is 0 Å². The second-order valence-electron chi connectivity index (χ2n) is 6.12. The number of benzene rings is 2. The number of anilines is 1. The second kappa shape index (κ2) is 9.21. The van der Waals surface area contributed by atoms with Gasteiger partial charge in [0.15, 0.2) is 0 Å². The molecule has 0 aliphatic carbocycles. The first-order valence-electron chi connectivity index (χ1n) is 8.42. The number of hydrogen-bond donors (Lipinski definition) is 2. The molecule has 3 N–H and O–H groups in total. The Balaban J connectivity index is 1.93. The molecule has 0 heterocycles. The molecule has 0 saturated heterocycles. The summed E-state index contributed by atoms with van der Waals surface area (Å²) in [5, 5.41) is 3.04. The molecule has 2 aromatic rings. The van der Waals surface area contributed by atoms with E-state index in [1.165, 1.54) is 5.56 Å². The summed E-state index contributed by atoms with van der Waals surface area (Å²) in [6.07, 6.45) is 0.914. The molecule has 0 radical (unpaired) electrons. The molecule has 2 rings (SSSR count). The maximum Gasteiger partial charge on any atom is 0.238 e. The van der Waals surface area contributed by atoms with E-state index in [0.29, 0.717) is 19.6 Å². The lowest BCUT2D eigenvalue weighted by molar-refractivity contribution is -0.117. The fourth-order valence-electron chi connectivity index (χ4n) is 2.78. The second-order valence-corrected chi connectivity index (χ2v) is 6.12. The number of hydrogen-bond acceptors (Lipinski definition) is 3. The van der Waals surface area contributed by atoms with Gasteiger partial charge >= 0.3 is 0 Å². The van der Waals surface area contributed by atoms with Crippen molar-refractivity contribution in [3.63, 3.8) is 0 Å². The highest BCUT2D eigenvalue weighted by Crippen LogP contribution is 2.19. The number of amides is 1. The number of nitrogens with one attached hydrogen (secondary N) is 1. The number of nitrogens with two attached hydrogens (primary N) is 1. The Bertz CT molecular complexity index is 635. The van der Waals surface area contributed by atoms with Crippen molar-refractivity contribution >= 4 is 11.6 Å². The molecule has 128 valence electrons. The third-order valence-electron chi connectivity index (χ3n) is 4.12. The van der Waals surface area contributed by atoms with E-state index in [2.05, 4.69) is 22.3 Å². The smallest absolute Gasteiger partial charge is 0.238 e. The van der Waals surface area contributed by atoms with Crippen LogP contribution in [0.15, 0.2) is 48.5 Å². The Kier molecular flexibility index (Phi) is 6.97. The molecule has 24 heavy (non-hydrogen) atoms. The van der Waals surface area contributed by atoms with Gasteiger partial charge in [0.05, 0.1) is 6.54 Å². The largest absolute Gasteiger partial charge is 0.329 e. The van der Waals surface area contributed by atoms with Gasteiger partial charge in [-0.15, -0.1) is 0 Å². The average Bonchev–Trinajstić information content (AvgIpc) is 2.57. The Morgan fingerprint density at radius 2 is 1.67 bits per heavy atom. The van der Waals surface area contributed by atoms with E-state index < -0.39 is 0 Å². The van der Waals surface area contributed by atoms with Crippen LogP contribution in [0.3, 0.4) is 0 Å². The monoisotopic (exact) mass is 325 g/mol. The maximum atomic E-state index is 12.4. The van der Waals surface area contributed by atoms with Crippen LogP contribution >= 0.6 is 0 Å². The molecule has 0 fully saturated rings. The number of carbonyl (C=O) groups is 1.